The van der Waals surface area contributed by atoms with Crippen LogP contribution in [0.3, 0.4) is 0 Å². The zero-order valence-electron chi connectivity index (χ0n) is 12.6. The molecule has 2 aliphatic heterocycles. The molecule has 0 aromatic heterocycles. The molecule has 2 aliphatic rings. The van der Waals surface area contributed by atoms with Crippen LogP contribution in [0.4, 0.5) is 0 Å². The average Bonchev–Trinajstić information content (AvgIpc) is 3.06. The number of likely N-dealkylation sites (tertiary alicyclic amines) is 1. The van der Waals surface area contributed by atoms with Gasteiger partial charge in [0.2, 0.25) is 5.91 Å². The Labute approximate surface area is 121 Å². The van der Waals surface area contributed by atoms with E-state index in [1.165, 1.54) is 0 Å². The monoisotopic (exact) mass is 279 g/mol. The summed E-state index contributed by atoms with van der Waals surface area (Å²) >= 11 is 0. The molecule has 2 rings (SSSR count). The molecule has 0 bridgehead atoms. The minimum Gasteiger partial charge on any atom is -0.381 e. The van der Waals surface area contributed by atoms with E-state index in [0.717, 1.165) is 39.1 Å². The highest BCUT2D eigenvalue weighted by Gasteiger charge is 2.41. The number of nitrogens with zero attached hydrogens (tertiary/aromatic N) is 3. The minimum absolute atomic E-state index is 0.105. The molecule has 5 heteroatoms. The van der Waals surface area contributed by atoms with Gasteiger partial charge in [-0.1, -0.05) is 0 Å². The molecule has 2 atom stereocenters. The van der Waals surface area contributed by atoms with Crippen LogP contribution in [0.15, 0.2) is 0 Å². The van der Waals surface area contributed by atoms with Crippen molar-refractivity contribution < 1.29 is 9.53 Å². The van der Waals surface area contributed by atoms with Crippen molar-refractivity contribution in [3.8, 4) is 6.07 Å². The Balaban J connectivity index is 1.83. The topological polar surface area (TPSA) is 56.6 Å². The van der Waals surface area contributed by atoms with Crippen LogP contribution in [0, 0.1) is 22.7 Å². The number of hydrogen-bond donors (Lipinski definition) is 0. The average molecular weight is 279 g/mol. The van der Waals surface area contributed by atoms with E-state index in [2.05, 4.69) is 11.0 Å². The lowest BCUT2D eigenvalue weighted by Crippen LogP contribution is -2.42. The predicted molar refractivity (Wildman–Crippen MR) is 76.0 cm³/mol. The lowest BCUT2D eigenvalue weighted by atomic mass is 9.87. The second-order valence-corrected chi connectivity index (χ2v) is 6.23. The van der Waals surface area contributed by atoms with E-state index >= 15 is 0 Å². The maximum absolute atomic E-state index is 12.3. The first kappa shape index (κ1) is 15.3. The number of hydrogen-bond acceptors (Lipinski definition) is 4. The van der Waals surface area contributed by atoms with Gasteiger partial charge in [-0.15, -0.1) is 0 Å². The van der Waals surface area contributed by atoms with E-state index in [1.807, 2.05) is 13.8 Å². The molecule has 112 valence electrons. The van der Waals surface area contributed by atoms with Gasteiger partial charge in [0.25, 0.3) is 0 Å². The molecular weight excluding hydrogens is 254 g/mol. The SMILES string of the molecule is CCN(C[C@H](C)C#N)C(=O)CN1CC[C@@]2(CCOC2)C1. The highest BCUT2D eigenvalue weighted by molar-refractivity contribution is 5.78. The zero-order valence-corrected chi connectivity index (χ0v) is 12.6. The van der Waals surface area contributed by atoms with Crippen LogP contribution in [-0.2, 0) is 9.53 Å². The smallest absolute Gasteiger partial charge is 0.236 e. The van der Waals surface area contributed by atoms with Gasteiger partial charge in [0.15, 0.2) is 0 Å². The lowest BCUT2D eigenvalue weighted by Gasteiger charge is -2.26. The van der Waals surface area contributed by atoms with E-state index in [9.17, 15) is 4.79 Å². The Kier molecular flexibility index (Phi) is 5.00. The molecule has 0 aromatic rings. The summed E-state index contributed by atoms with van der Waals surface area (Å²) in [6, 6.07) is 2.19. The van der Waals surface area contributed by atoms with E-state index in [0.29, 0.717) is 25.0 Å². The van der Waals surface area contributed by atoms with Gasteiger partial charge in [-0.2, -0.15) is 5.26 Å². The number of ether oxygens (including phenoxy) is 1. The number of rotatable bonds is 5. The highest BCUT2D eigenvalue weighted by Crippen LogP contribution is 2.37. The van der Waals surface area contributed by atoms with Crippen molar-refractivity contribution in [2.24, 2.45) is 11.3 Å². The van der Waals surface area contributed by atoms with Crippen LogP contribution in [-0.4, -0.2) is 61.6 Å². The van der Waals surface area contributed by atoms with Crippen molar-refractivity contribution in [1.82, 2.24) is 9.80 Å². The van der Waals surface area contributed by atoms with Gasteiger partial charge in [0.05, 0.1) is 25.1 Å². The number of amides is 1. The Morgan fingerprint density at radius 2 is 2.35 bits per heavy atom. The van der Waals surface area contributed by atoms with E-state index in [4.69, 9.17) is 10.00 Å². The van der Waals surface area contributed by atoms with Crippen LogP contribution in [0.2, 0.25) is 0 Å². The van der Waals surface area contributed by atoms with Crippen molar-refractivity contribution in [3.63, 3.8) is 0 Å². The summed E-state index contributed by atoms with van der Waals surface area (Å²) in [6.45, 7) is 9.19. The summed E-state index contributed by atoms with van der Waals surface area (Å²) in [4.78, 5) is 16.4. The molecule has 0 N–H and O–H groups in total. The lowest BCUT2D eigenvalue weighted by molar-refractivity contribution is -0.132. The molecule has 0 unspecified atom stereocenters. The van der Waals surface area contributed by atoms with Gasteiger partial charge in [-0.25, -0.2) is 0 Å². The van der Waals surface area contributed by atoms with Crippen LogP contribution < -0.4 is 0 Å². The van der Waals surface area contributed by atoms with Crippen LogP contribution in [0.25, 0.3) is 0 Å². The fourth-order valence-corrected chi connectivity index (χ4v) is 3.20. The minimum atomic E-state index is -0.105. The molecule has 2 heterocycles. The molecular formula is C15H25N3O2. The van der Waals surface area contributed by atoms with E-state index in [-0.39, 0.29) is 11.8 Å². The number of carbonyl (C=O) groups excluding carboxylic acids is 1. The Morgan fingerprint density at radius 3 is 2.95 bits per heavy atom. The van der Waals surface area contributed by atoms with E-state index < -0.39 is 0 Å². The molecule has 0 radical (unpaired) electrons. The molecule has 2 saturated heterocycles. The zero-order chi connectivity index (χ0) is 14.6. The van der Waals surface area contributed by atoms with Crippen molar-refractivity contribution >= 4 is 5.91 Å². The van der Waals surface area contributed by atoms with Gasteiger partial charge in [-0.3, -0.25) is 9.69 Å². The van der Waals surface area contributed by atoms with Crippen molar-refractivity contribution in [2.75, 3.05) is 45.9 Å². The molecule has 2 fully saturated rings. The van der Waals surface area contributed by atoms with Crippen molar-refractivity contribution in [1.29, 1.82) is 5.26 Å². The first-order valence-electron chi connectivity index (χ1n) is 7.56. The molecule has 20 heavy (non-hydrogen) atoms. The predicted octanol–water partition coefficient (Wildman–Crippen LogP) is 1.11. The van der Waals surface area contributed by atoms with Crippen LogP contribution in [0.1, 0.15) is 26.7 Å². The third kappa shape index (κ3) is 3.50. The third-order valence-corrected chi connectivity index (χ3v) is 4.51. The molecule has 0 aromatic carbocycles. The summed E-state index contributed by atoms with van der Waals surface area (Å²) in [6.07, 6.45) is 2.27. The van der Waals surface area contributed by atoms with Gasteiger partial charge in [-0.05, 0) is 33.2 Å². The standard InChI is InChI=1S/C15H25N3O2/c1-3-18(9-13(2)8-16)14(19)10-17-6-4-15(11-17)5-7-20-12-15/h13H,3-7,9-12H2,1-2H3/t13-,15-/m1/s1. The van der Waals surface area contributed by atoms with Gasteiger partial charge in [0.1, 0.15) is 0 Å². The number of nitriles is 1. The fraction of sp³-hybridized carbons (Fsp3) is 0.867. The maximum atomic E-state index is 12.3. The largest absolute Gasteiger partial charge is 0.381 e. The summed E-state index contributed by atoms with van der Waals surface area (Å²) in [7, 11) is 0. The van der Waals surface area contributed by atoms with Crippen molar-refractivity contribution in [2.45, 2.75) is 26.7 Å². The maximum Gasteiger partial charge on any atom is 0.236 e. The first-order valence-corrected chi connectivity index (χ1v) is 7.56. The summed E-state index contributed by atoms with van der Waals surface area (Å²) in [5.74, 6) is 0.0395. The van der Waals surface area contributed by atoms with Crippen LogP contribution >= 0.6 is 0 Å². The van der Waals surface area contributed by atoms with Crippen molar-refractivity contribution in [3.05, 3.63) is 0 Å². The normalized spacial score (nSPS) is 27.6. The second-order valence-electron chi connectivity index (χ2n) is 6.23. The molecule has 0 aliphatic carbocycles. The molecule has 1 amide bonds. The Hall–Kier alpha value is -1.12. The summed E-state index contributed by atoms with van der Waals surface area (Å²) in [5.41, 5.74) is 0.303. The second kappa shape index (κ2) is 6.55. The number of likely N-dealkylation sites (N-methyl/N-ethyl adjacent to an activating group) is 1. The summed E-state index contributed by atoms with van der Waals surface area (Å²) < 4.78 is 5.51. The highest BCUT2D eigenvalue weighted by atomic mass is 16.5. The van der Waals surface area contributed by atoms with Gasteiger partial charge in [0, 0.05) is 31.7 Å². The van der Waals surface area contributed by atoms with Gasteiger partial charge >= 0.3 is 0 Å². The Bertz CT molecular complexity index is 385. The Morgan fingerprint density at radius 1 is 1.55 bits per heavy atom. The first-order chi connectivity index (χ1) is 9.58. The number of carbonyl (C=O) groups is 1. The molecule has 1 spiro atoms. The van der Waals surface area contributed by atoms with Crippen LogP contribution in [0.5, 0.6) is 0 Å². The molecule has 5 nitrogen and oxygen atoms in total. The van der Waals surface area contributed by atoms with Gasteiger partial charge < -0.3 is 9.64 Å². The third-order valence-electron chi connectivity index (χ3n) is 4.51. The summed E-state index contributed by atoms with van der Waals surface area (Å²) in [5, 5.41) is 8.87. The quantitative estimate of drug-likeness (QED) is 0.756. The van der Waals surface area contributed by atoms with E-state index in [1.54, 1.807) is 4.90 Å². The fourth-order valence-electron chi connectivity index (χ4n) is 3.20. The molecule has 0 saturated carbocycles.